The van der Waals surface area contributed by atoms with E-state index in [2.05, 4.69) is 10.9 Å². The smallest absolute Gasteiger partial charge is 0.309 e. The van der Waals surface area contributed by atoms with Gasteiger partial charge >= 0.3 is 5.97 Å². The van der Waals surface area contributed by atoms with E-state index < -0.39 is 18.4 Å². The van der Waals surface area contributed by atoms with Gasteiger partial charge in [-0.3, -0.25) is 25.2 Å². The van der Waals surface area contributed by atoms with Gasteiger partial charge in [-0.2, -0.15) is 0 Å². The van der Waals surface area contributed by atoms with Gasteiger partial charge < -0.3 is 4.74 Å². The molecule has 0 radical (unpaired) electrons. The van der Waals surface area contributed by atoms with Crippen molar-refractivity contribution < 1.29 is 19.1 Å². The first-order valence-electron chi connectivity index (χ1n) is 6.48. The first-order chi connectivity index (χ1) is 9.97. The summed E-state index contributed by atoms with van der Waals surface area (Å²) in [6.07, 6.45) is 0.799. The first kappa shape index (κ1) is 15.3. The molecule has 2 rings (SSSR count). The standard InChI is InChI=1S/C14H15ClN2O4/c1-8-6-11(8)14(20)21-7-12(18)16-17-13(19)9-2-4-10(15)5-3-9/h2-5,8,11H,6-7H2,1H3,(H,16,18)(H,17,19)/t8-,11+/m0/s1. The Morgan fingerprint density at radius 1 is 1.24 bits per heavy atom. The number of carbonyl (C=O) groups excluding carboxylic acids is 3. The lowest BCUT2D eigenvalue weighted by atomic mass is 10.2. The van der Waals surface area contributed by atoms with Gasteiger partial charge in [0.25, 0.3) is 11.8 Å². The molecule has 0 aliphatic heterocycles. The molecule has 2 atom stereocenters. The molecule has 0 aromatic heterocycles. The normalized spacial score (nSPS) is 19.5. The molecular formula is C14H15ClN2O4. The van der Waals surface area contributed by atoms with Crippen molar-refractivity contribution in [1.82, 2.24) is 10.9 Å². The molecule has 21 heavy (non-hydrogen) atoms. The quantitative estimate of drug-likeness (QED) is 0.648. The topological polar surface area (TPSA) is 84.5 Å². The number of esters is 1. The first-order valence-corrected chi connectivity index (χ1v) is 6.86. The lowest BCUT2D eigenvalue weighted by Gasteiger charge is -2.08. The Hall–Kier alpha value is -2.08. The minimum Gasteiger partial charge on any atom is -0.455 e. The van der Waals surface area contributed by atoms with E-state index in [1.165, 1.54) is 12.1 Å². The summed E-state index contributed by atoms with van der Waals surface area (Å²) in [6.45, 7) is 1.53. The van der Waals surface area contributed by atoms with Crippen molar-refractivity contribution in [2.45, 2.75) is 13.3 Å². The van der Waals surface area contributed by atoms with Crippen LogP contribution in [0.1, 0.15) is 23.7 Å². The van der Waals surface area contributed by atoms with Gasteiger partial charge in [0.15, 0.2) is 6.61 Å². The summed E-state index contributed by atoms with van der Waals surface area (Å²) < 4.78 is 4.83. The summed E-state index contributed by atoms with van der Waals surface area (Å²) in [5.74, 6) is -1.23. The third kappa shape index (κ3) is 4.46. The van der Waals surface area contributed by atoms with Crippen LogP contribution >= 0.6 is 11.6 Å². The molecule has 0 bridgehead atoms. The van der Waals surface area contributed by atoms with Crippen LogP contribution in [0.5, 0.6) is 0 Å². The van der Waals surface area contributed by atoms with E-state index in [-0.39, 0.29) is 11.9 Å². The molecule has 1 saturated carbocycles. The van der Waals surface area contributed by atoms with E-state index in [0.29, 0.717) is 16.5 Å². The fraction of sp³-hybridized carbons (Fsp3) is 0.357. The minimum atomic E-state index is -0.598. The Morgan fingerprint density at radius 2 is 1.86 bits per heavy atom. The van der Waals surface area contributed by atoms with E-state index in [1.54, 1.807) is 12.1 Å². The van der Waals surface area contributed by atoms with Crippen molar-refractivity contribution in [3.8, 4) is 0 Å². The minimum absolute atomic E-state index is 0.0959. The fourth-order valence-corrected chi connectivity index (χ4v) is 1.86. The van der Waals surface area contributed by atoms with Crippen molar-refractivity contribution in [1.29, 1.82) is 0 Å². The van der Waals surface area contributed by atoms with Crippen molar-refractivity contribution in [2.75, 3.05) is 6.61 Å². The van der Waals surface area contributed by atoms with Gasteiger partial charge in [-0.05, 0) is 36.6 Å². The Kier molecular flexibility index (Phi) is 4.80. The highest BCUT2D eigenvalue weighted by atomic mass is 35.5. The molecule has 112 valence electrons. The second-order valence-electron chi connectivity index (χ2n) is 4.94. The third-order valence-electron chi connectivity index (χ3n) is 3.18. The van der Waals surface area contributed by atoms with E-state index in [1.807, 2.05) is 6.92 Å². The monoisotopic (exact) mass is 310 g/mol. The van der Waals surface area contributed by atoms with Crippen molar-refractivity contribution in [3.63, 3.8) is 0 Å². The molecule has 1 aliphatic rings. The number of hydrogen-bond acceptors (Lipinski definition) is 4. The summed E-state index contributed by atoms with van der Waals surface area (Å²) in [5.41, 5.74) is 4.75. The second kappa shape index (κ2) is 6.58. The lowest BCUT2D eigenvalue weighted by Crippen LogP contribution is -2.43. The maximum atomic E-state index is 11.7. The Morgan fingerprint density at radius 3 is 2.43 bits per heavy atom. The zero-order chi connectivity index (χ0) is 15.4. The van der Waals surface area contributed by atoms with Gasteiger partial charge in [0.2, 0.25) is 0 Å². The summed E-state index contributed by atoms with van der Waals surface area (Å²) in [6, 6.07) is 6.18. The maximum Gasteiger partial charge on any atom is 0.309 e. The van der Waals surface area contributed by atoms with Crippen LogP contribution in [0.15, 0.2) is 24.3 Å². The number of halogens is 1. The molecule has 7 heteroatoms. The van der Waals surface area contributed by atoms with Crippen LogP contribution in [-0.2, 0) is 14.3 Å². The predicted molar refractivity (Wildman–Crippen MR) is 75.3 cm³/mol. The zero-order valence-corrected chi connectivity index (χ0v) is 12.1. The largest absolute Gasteiger partial charge is 0.455 e. The number of nitrogens with one attached hydrogen (secondary N) is 2. The Labute approximate surface area is 126 Å². The number of carbonyl (C=O) groups is 3. The average molecular weight is 311 g/mol. The van der Waals surface area contributed by atoms with Gasteiger partial charge in [-0.15, -0.1) is 0 Å². The fourth-order valence-electron chi connectivity index (χ4n) is 1.73. The van der Waals surface area contributed by atoms with Gasteiger partial charge in [-0.1, -0.05) is 18.5 Å². The van der Waals surface area contributed by atoms with Crippen molar-refractivity contribution >= 4 is 29.4 Å². The lowest BCUT2D eigenvalue weighted by molar-refractivity contribution is -0.150. The summed E-state index contributed by atoms with van der Waals surface area (Å²) in [4.78, 5) is 34.5. The summed E-state index contributed by atoms with van der Waals surface area (Å²) >= 11 is 5.71. The van der Waals surface area contributed by atoms with E-state index in [9.17, 15) is 14.4 Å². The number of ether oxygens (including phenoxy) is 1. The SMILES string of the molecule is C[C@H]1C[C@H]1C(=O)OCC(=O)NNC(=O)c1ccc(Cl)cc1. The van der Waals surface area contributed by atoms with E-state index in [4.69, 9.17) is 16.3 Å². The molecular weight excluding hydrogens is 296 g/mol. The zero-order valence-electron chi connectivity index (χ0n) is 11.4. The van der Waals surface area contributed by atoms with Gasteiger partial charge in [0.1, 0.15) is 0 Å². The molecule has 0 unspecified atom stereocenters. The summed E-state index contributed by atoms with van der Waals surface area (Å²) in [7, 11) is 0. The van der Waals surface area contributed by atoms with Gasteiger partial charge in [0, 0.05) is 10.6 Å². The second-order valence-corrected chi connectivity index (χ2v) is 5.37. The molecule has 0 spiro atoms. The van der Waals surface area contributed by atoms with Crippen LogP contribution in [-0.4, -0.2) is 24.4 Å². The van der Waals surface area contributed by atoms with Crippen LogP contribution in [0.3, 0.4) is 0 Å². The van der Waals surface area contributed by atoms with Crippen LogP contribution in [0.4, 0.5) is 0 Å². The molecule has 2 amide bonds. The number of amides is 2. The molecule has 1 aromatic carbocycles. The molecule has 1 aromatic rings. The highest BCUT2D eigenvalue weighted by molar-refractivity contribution is 6.30. The van der Waals surface area contributed by atoms with Crippen molar-refractivity contribution in [2.24, 2.45) is 11.8 Å². The molecule has 6 nitrogen and oxygen atoms in total. The molecule has 0 heterocycles. The van der Waals surface area contributed by atoms with Crippen LogP contribution in [0.25, 0.3) is 0 Å². The van der Waals surface area contributed by atoms with Gasteiger partial charge in [-0.25, -0.2) is 0 Å². The Bertz CT molecular complexity index is 559. The highest BCUT2D eigenvalue weighted by Crippen LogP contribution is 2.38. The Balaban J connectivity index is 1.69. The third-order valence-corrected chi connectivity index (χ3v) is 3.43. The van der Waals surface area contributed by atoms with Crippen LogP contribution in [0.2, 0.25) is 5.02 Å². The van der Waals surface area contributed by atoms with Crippen LogP contribution < -0.4 is 10.9 Å². The van der Waals surface area contributed by atoms with Crippen LogP contribution in [0, 0.1) is 11.8 Å². The number of rotatable bonds is 4. The average Bonchev–Trinajstić information content (AvgIpc) is 3.20. The maximum absolute atomic E-state index is 11.7. The highest BCUT2D eigenvalue weighted by Gasteiger charge is 2.40. The molecule has 2 N–H and O–H groups in total. The van der Waals surface area contributed by atoms with E-state index >= 15 is 0 Å². The number of benzene rings is 1. The van der Waals surface area contributed by atoms with Gasteiger partial charge in [0.05, 0.1) is 5.92 Å². The number of hydrogen-bond donors (Lipinski definition) is 2. The molecule has 1 fully saturated rings. The molecule has 0 saturated heterocycles. The van der Waals surface area contributed by atoms with Crippen molar-refractivity contribution in [3.05, 3.63) is 34.9 Å². The summed E-state index contributed by atoms with van der Waals surface area (Å²) in [5, 5.41) is 0.511. The van der Waals surface area contributed by atoms with E-state index in [0.717, 1.165) is 6.42 Å². The number of hydrazine groups is 1. The predicted octanol–water partition coefficient (Wildman–Crippen LogP) is 1.30. The molecule has 1 aliphatic carbocycles.